The van der Waals surface area contributed by atoms with E-state index in [1.165, 1.54) is 29.2 Å². The number of benzene rings is 2. The molecular weight excluding hydrogens is 414 g/mol. The Morgan fingerprint density at radius 3 is 2.39 bits per heavy atom. The fourth-order valence-corrected chi connectivity index (χ4v) is 5.49. The van der Waals surface area contributed by atoms with Crippen LogP contribution in [-0.2, 0) is 11.3 Å². The normalized spacial score (nSPS) is 24.9. The number of fused-ring (bicyclic) bond motifs is 1. The molecule has 1 N–H and O–H groups in total. The van der Waals surface area contributed by atoms with Gasteiger partial charge in [0.25, 0.3) is 0 Å². The Balaban J connectivity index is 1.33. The summed E-state index contributed by atoms with van der Waals surface area (Å²) in [4.78, 5) is 13.2. The van der Waals surface area contributed by atoms with Gasteiger partial charge >= 0.3 is 6.16 Å². The minimum Gasteiger partial charge on any atom is -0.490 e. The standard InChI is InChI=1S/C28H39NO4/c1-28(2,3)23-9-12-25(13-10-23)32-26-11-8-21-17-20(6-7-22(21)18-26)19-29-15-4-5-24(14-16-29)33-27(30)31/h6-8,11,17-18,23-25H,4-5,9-10,12-16,19H2,1-3H3,(H,30,31). The predicted octanol–water partition coefficient (Wildman–Crippen LogP) is 6.87. The second-order valence-corrected chi connectivity index (χ2v) is 11.0. The van der Waals surface area contributed by atoms with Crippen LogP contribution in [-0.4, -0.2) is 41.5 Å². The lowest BCUT2D eigenvalue weighted by molar-refractivity contribution is 0.0455. The molecule has 0 bridgehead atoms. The summed E-state index contributed by atoms with van der Waals surface area (Å²) in [5, 5.41) is 11.3. The number of carboxylic acid groups (broad SMARTS) is 1. The van der Waals surface area contributed by atoms with E-state index in [1.807, 2.05) is 0 Å². The zero-order valence-electron chi connectivity index (χ0n) is 20.4. The van der Waals surface area contributed by atoms with Crippen molar-refractivity contribution in [2.24, 2.45) is 11.3 Å². The second-order valence-electron chi connectivity index (χ2n) is 11.0. The maximum Gasteiger partial charge on any atom is 0.506 e. The third kappa shape index (κ3) is 6.63. The van der Waals surface area contributed by atoms with Gasteiger partial charge in [-0.15, -0.1) is 0 Å². The first kappa shape index (κ1) is 23.9. The maximum atomic E-state index is 10.8. The Kier molecular flexibility index (Phi) is 7.48. The second kappa shape index (κ2) is 10.3. The molecule has 0 spiro atoms. The van der Waals surface area contributed by atoms with Crippen molar-refractivity contribution in [1.82, 2.24) is 4.90 Å². The highest BCUT2D eigenvalue weighted by atomic mass is 16.7. The highest BCUT2D eigenvalue weighted by molar-refractivity contribution is 5.84. The lowest BCUT2D eigenvalue weighted by Crippen LogP contribution is -2.30. The van der Waals surface area contributed by atoms with E-state index < -0.39 is 6.16 Å². The molecule has 0 aromatic heterocycles. The van der Waals surface area contributed by atoms with Gasteiger partial charge in [0, 0.05) is 13.1 Å². The molecule has 1 unspecified atom stereocenters. The minimum atomic E-state index is -1.16. The highest BCUT2D eigenvalue weighted by Gasteiger charge is 2.30. The van der Waals surface area contributed by atoms with Crippen LogP contribution in [0.1, 0.15) is 71.3 Å². The van der Waals surface area contributed by atoms with E-state index in [4.69, 9.17) is 14.6 Å². The molecule has 5 nitrogen and oxygen atoms in total. The van der Waals surface area contributed by atoms with Gasteiger partial charge in [-0.25, -0.2) is 4.79 Å². The molecule has 1 atom stereocenters. The van der Waals surface area contributed by atoms with Crippen LogP contribution in [0.5, 0.6) is 5.75 Å². The molecule has 2 aromatic rings. The molecule has 2 fully saturated rings. The van der Waals surface area contributed by atoms with Gasteiger partial charge in [0.05, 0.1) is 6.10 Å². The maximum absolute atomic E-state index is 10.8. The Hall–Kier alpha value is -2.27. The molecule has 1 saturated heterocycles. The Bertz CT molecular complexity index is 943. The third-order valence-electron chi connectivity index (χ3n) is 7.52. The first-order valence-electron chi connectivity index (χ1n) is 12.6. The SMILES string of the molecule is CC(C)(C)C1CCC(Oc2ccc3cc(CN4CCCC(OC(=O)O)CC4)ccc3c2)CC1. The zero-order valence-corrected chi connectivity index (χ0v) is 20.4. The van der Waals surface area contributed by atoms with E-state index in [0.29, 0.717) is 11.5 Å². The first-order valence-corrected chi connectivity index (χ1v) is 12.6. The number of rotatable bonds is 5. The van der Waals surface area contributed by atoms with Gasteiger partial charge in [-0.1, -0.05) is 39.0 Å². The van der Waals surface area contributed by atoms with Crippen LogP contribution < -0.4 is 4.74 Å². The van der Waals surface area contributed by atoms with Gasteiger partial charge in [-0.05, 0) is 97.4 Å². The van der Waals surface area contributed by atoms with Crippen molar-refractivity contribution in [2.75, 3.05) is 13.1 Å². The van der Waals surface area contributed by atoms with E-state index >= 15 is 0 Å². The van der Waals surface area contributed by atoms with Crippen molar-refractivity contribution < 1.29 is 19.4 Å². The lowest BCUT2D eigenvalue weighted by atomic mass is 9.72. The average Bonchev–Trinajstić information content (AvgIpc) is 2.98. The Morgan fingerprint density at radius 2 is 1.67 bits per heavy atom. The molecule has 0 amide bonds. The molecule has 1 heterocycles. The first-order chi connectivity index (χ1) is 15.8. The van der Waals surface area contributed by atoms with E-state index in [1.54, 1.807) is 0 Å². The fourth-order valence-electron chi connectivity index (χ4n) is 5.49. The molecule has 5 heteroatoms. The van der Waals surface area contributed by atoms with Gasteiger partial charge in [0.15, 0.2) is 0 Å². The summed E-state index contributed by atoms with van der Waals surface area (Å²) >= 11 is 0. The molecule has 1 saturated carbocycles. The quantitative estimate of drug-likeness (QED) is 0.501. The molecule has 4 rings (SSSR count). The van der Waals surface area contributed by atoms with Crippen molar-refractivity contribution in [3.05, 3.63) is 42.0 Å². The van der Waals surface area contributed by atoms with Gasteiger partial charge in [0.1, 0.15) is 11.9 Å². The van der Waals surface area contributed by atoms with Crippen LogP contribution in [0.25, 0.3) is 10.8 Å². The zero-order chi connectivity index (χ0) is 23.4. The number of hydrogen-bond acceptors (Lipinski definition) is 4. The van der Waals surface area contributed by atoms with Crippen molar-refractivity contribution in [1.29, 1.82) is 0 Å². The van der Waals surface area contributed by atoms with Crippen LogP contribution in [0.3, 0.4) is 0 Å². The summed E-state index contributed by atoms with van der Waals surface area (Å²) in [5.74, 6) is 1.78. The molecule has 33 heavy (non-hydrogen) atoms. The Morgan fingerprint density at radius 1 is 0.939 bits per heavy atom. The fraction of sp³-hybridized carbons (Fsp3) is 0.607. The largest absolute Gasteiger partial charge is 0.506 e. The van der Waals surface area contributed by atoms with Gasteiger partial charge in [-0.2, -0.15) is 0 Å². The molecule has 1 aliphatic heterocycles. The number of carbonyl (C=O) groups is 1. The van der Waals surface area contributed by atoms with Crippen LogP contribution >= 0.6 is 0 Å². The summed E-state index contributed by atoms with van der Waals surface area (Å²) < 4.78 is 11.4. The van der Waals surface area contributed by atoms with Crippen molar-refractivity contribution >= 4 is 16.9 Å². The number of hydrogen-bond donors (Lipinski definition) is 1. The monoisotopic (exact) mass is 453 g/mol. The minimum absolute atomic E-state index is 0.175. The summed E-state index contributed by atoms with van der Waals surface area (Å²) in [5.41, 5.74) is 1.68. The predicted molar refractivity (Wildman–Crippen MR) is 132 cm³/mol. The topological polar surface area (TPSA) is 59.0 Å². The summed E-state index contributed by atoms with van der Waals surface area (Å²) in [6.45, 7) is 9.78. The molecule has 2 aromatic carbocycles. The number of ether oxygens (including phenoxy) is 2. The van der Waals surface area contributed by atoms with Crippen molar-refractivity contribution in [3.63, 3.8) is 0 Å². The van der Waals surface area contributed by atoms with Crippen LogP contribution in [0.4, 0.5) is 4.79 Å². The van der Waals surface area contributed by atoms with Crippen LogP contribution in [0.15, 0.2) is 36.4 Å². The average molecular weight is 454 g/mol. The summed E-state index contributed by atoms with van der Waals surface area (Å²) in [6, 6.07) is 13.1. The number of nitrogens with zero attached hydrogens (tertiary/aromatic N) is 1. The third-order valence-corrected chi connectivity index (χ3v) is 7.52. The molecule has 0 radical (unpaired) electrons. The van der Waals surface area contributed by atoms with E-state index in [-0.39, 0.29) is 6.10 Å². The van der Waals surface area contributed by atoms with Crippen LogP contribution in [0.2, 0.25) is 0 Å². The van der Waals surface area contributed by atoms with Gasteiger partial charge < -0.3 is 14.6 Å². The van der Waals surface area contributed by atoms with Crippen LogP contribution in [0, 0.1) is 11.3 Å². The molecular formula is C28H39NO4. The lowest BCUT2D eigenvalue weighted by Gasteiger charge is -2.37. The molecule has 1 aliphatic carbocycles. The van der Waals surface area contributed by atoms with E-state index in [2.05, 4.69) is 62.1 Å². The number of likely N-dealkylation sites (tertiary alicyclic amines) is 1. The summed E-state index contributed by atoms with van der Waals surface area (Å²) in [6.07, 6.45) is 6.33. The van der Waals surface area contributed by atoms with Crippen molar-refractivity contribution in [3.8, 4) is 5.75 Å². The molecule has 180 valence electrons. The summed E-state index contributed by atoms with van der Waals surface area (Å²) in [7, 11) is 0. The van der Waals surface area contributed by atoms with E-state index in [9.17, 15) is 4.79 Å². The van der Waals surface area contributed by atoms with Gasteiger partial charge in [-0.3, -0.25) is 4.90 Å². The Labute approximate surface area is 198 Å². The van der Waals surface area contributed by atoms with E-state index in [0.717, 1.165) is 63.4 Å². The highest BCUT2D eigenvalue weighted by Crippen LogP contribution is 2.39. The van der Waals surface area contributed by atoms with Crippen molar-refractivity contribution in [2.45, 2.75) is 84.5 Å². The van der Waals surface area contributed by atoms with Gasteiger partial charge in [0.2, 0.25) is 0 Å². The smallest absolute Gasteiger partial charge is 0.490 e. The molecule has 2 aliphatic rings.